The summed E-state index contributed by atoms with van der Waals surface area (Å²) in [6.07, 6.45) is 1.06. The van der Waals surface area contributed by atoms with Crippen molar-refractivity contribution in [3.05, 3.63) is 106 Å². The predicted octanol–water partition coefficient (Wildman–Crippen LogP) is 7.13. The van der Waals surface area contributed by atoms with Crippen LogP contribution in [-0.2, 0) is 23.8 Å². The molecule has 1 nitrogen and oxygen atoms in total. The van der Waals surface area contributed by atoms with Crippen molar-refractivity contribution >= 4 is 0 Å². The summed E-state index contributed by atoms with van der Waals surface area (Å²) >= 11 is 0. The Morgan fingerprint density at radius 3 is 1.55 bits per heavy atom. The molecule has 0 fully saturated rings. The number of benzene rings is 3. The highest BCUT2D eigenvalue weighted by Crippen LogP contribution is 2.35. The summed E-state index contributed by atoms with van der Waals surface area (Å²) in [5.41, 5.74) is 8.83. The molecule has 1 heterocycles. The Bertz CT molecular complexity index is 956. The molecule has 0 aromatic heterocycles. The molecule has 0 saturated heterocycles. The minimum atomic E-state index is 0.171. The number of nitrogens with one attached hydrogen (secondary N) is 1. The van der Waals surface area contributed by atoms with Crippen molar-refractivity contribution in [3.8, 4) is 0 Å². The van der Waals surface area contributed by atoms with Gasteiger partial charge in [-0.1, -0.05) is 114 Å². The van der Waals surface area contributed by atoms with Crippen LogP contribution >= 0.6 is 0 Å². The molecule has 0 radical (unpaired) electrons. The highest BCUT2D eigenvalue weighted by molar-refractivity contribution is 5.41. The summed E-state index contributed by atoms with van der Waals surface area (Å²) in [6.45, 7) is 14.6. The van der Waals surface area contributed by atoms with E-state index in [1.807, 2.05) is 0 Å². The molecule has 0 aliphatic carbocycles. The van der Waals surface area contributed by atoms with E-state index in [2.05, 4.69) is 120 Å². The van der Waals surface area contributed by atoms with Crippen LogP contribution in [-0.4, -0.2) is 6.04 Å². The van der Waals surface area contributed by atoms with Gasteiger partial charge in [0.25, 0.3) is 0 Å². The van der Waals surface area contributed by atoms with Gasteiger partial charge in [-0.15, -0.1) is 0 Å². The van der Waals surface area contributed by atoms with Gasteiger partial charge in [-0.3, -0.25) is 0 Å². The van der Waals surface area contributed by atoms with Crippen molar-refractivity contribution in [2.75, 3.05) is 0 Å². The van der Waals surface area contributed by atoms with Gasteiger partial charge in [0.15, 0.2) is 0 Å². The maximum absolute atomic E-state index is 3.86. The van der Waals surface area contributed by atoms with E-state index in [-0.39, 0.29) is 10.8 Å². The normalized spacial score (nSPS) is 16.9. The van der Waals surface area contributed by atoms with Gasteiger partial charge in [0, 0.05) is 18.5 Å². The average Bonchev–Trinajstić information content (AvgIpc) is 2.73. The zero-order valence-electron chi connectivity index (χ0n) is 20.0. The van der Waals surface area contributed by atoms with Gasteiger partial charge in [0.05, 0.1) is 0 Å². The summed E-state index contributed by atoms with van der Waals surface area (Å²) in [7, 11) is 0. The van der Waals surface area contributed by atoms with E-state index in [0.29, 0.717) is 12.0 Å². The highest BCUT2D eigenvalue weighted by atomic mass is 14.9. The second-order valence-corrected chi connectivity index (χ2v) is 11.2. The third kappa shape index (κ3) is 4.77. The lowest BCUT2D eigenvalue weighted by atomic mass is 9.77. The Morgan fingerprint density at radius 2 is 1.10 bits per heavy atom. The van der Waals surface area contributed by atoms with Gasteiger partial charge >= 0.3 is 0 Å². The van der Waals surface area contributed by atoms with Crippen molar-refractivity contribution < 1.29 is 0 Å². The fourth-order valence-electron chi connectivity index (χ4n) is 4.75. The molecule has 4 rings (SSSR count). The molecule has 0 bridgehead atoms. The number of hydrogen-bond donors (Lipinski definition) is 1. The van der Waals surface area contributed by atoms with E-state index in [4.69, 9.17) is 0 Å². The van der Waals surface area contributed by atoms with Crippen LogP contribution in [0.5, 0.6) is 0 Å². The molecular formula is C30H37N. The maximum atomic E-state index is 3.86. The first-order valence-electron chi connectivity index (χ1n) is 11.6. The van der Waals surface area contributed by atoms with Crippen LogP contribution in [0.4, 0.5) is 0 Å². The van der Waals surface area contributed by atoms with Crippen molar-refractivity contribution in [1.29, 1.82) is 0 Å². The number of fused-ring (bicyclic) bond motifs is 1. The molecule has 3 aromatic carbocycles. The Kier molecular flexibility index (Phi) is 5.83. The first kappa shape index (κ1) is 21.8. The molecular weight excluding hydrogens is 374 g/mol. The van der Waals surface area contributed by atoms with E-state index >= 15 is 0 Å². The van der Waals surface area contributed by atoms with Crippen LogP contribution in [0.3, 0.4) is 0 Å². The second kappa shape index (κ2) is 8.28. The molecule has 1 aliphatic heterocycles. The minimum absolute atomic E-state index is 0.171. The Balaban J connectivity index is 1.72. The molecule has 162 valence electrons. The summed E-state index contributed by atoms with van der Waals surface area (Å²) in [6, 6.07) is 28.0. The molecule has 1 heteroatoms. The summed E-state index contributed by atoms with van der Waals surface area (Å²) in [5, 5.41) is 3.86. The van der Waals surface area contributed by atoms with Gasteiger partial charge in [0.1, 0.15) is 0 Å². The van der Waals surface area contributed by atoms with Crippen molar-refractivity contribution in [1.82, 2.24) is 5.32 Å². The zero-order chi connectivity index (χ0) is 22.2. The maximum Gasteiger partial charge on any atom is 0.0246 e. The van der Waals surface area contributed by atoms with E-state index in [1.165, 1.54) is 33.4 Å². The van der Waals surface area contributed by atoms with Crippen LogP contribution < -0.4 is 5.32 Å². The molecule has 0 unspecified atom stereocenters. The fourth-order valence-corrected chi connectivity index (χ4v) is 4.75. The molecule has 0 amide bonds. The van der Waals surface area contributed by atoms with Gasteiger partial charge in [-0.2, -0.15) is 0 Å². The van der Waals surface area contributed by atoms with Crippen LogP contribution in [0, 0.1) is 0 Å². The minimum Gasteiger partial charge on any atom is -0.309 e. The first-order chi connectivity index (χ1) is 14.6. The summed E-state index contributed by atoms with van der Waals surface area (Å²) < 4.78 is 0. The largest absolute Gasteiger partial charge is 0.309 e. The monoisotopic (exact) mass is 411 g/mol. The Morgan fingerprint density at radius 1 is 0.645 bits per heavy atom. The van der Waals surface area contributed by atoms with Gasteiger partial charge in [0.2, 0.25) is 0 Å². The first-order valence-corrected chi connectivity index (χ1v) is 11.6. The number of rotatable bonds is 3. The fraction of sp³-hybridized carbons (Fsp3) is 0.400. The third-order valence-electron chi connectivity index (χ3n) is 6.79. The van der Waals surface area contributed by atoms with Crippen molar-refractivity contribution in [3.63, 3.8) is 0 Å². The SMILES string of the molecule is CC(C)(C)c1ccc(C(c2ccc(C(C)(C)C)cc2)[C@@H]2Cc3ccccc3CN2)cc1. The Hall–Kier alpha value is -2.38. The van der Waals surface area contributed by atoms with Crippen LogP contribution in [0.25, 0.3) is 0 Å². The molecule has 1 N–H and O–H groups in total. The molecule has 1 atom stereocenters. The standard InChI is InChI=1S/C30H37N/c1-29(2,3)25-15-11-21(12-16-25)28(22-13-17-26(18-14-22)30(4,5)6)27-19-23-9-7-8-10-24(23)20-31-27/h7-18,27-28,31H,19-20H2,1-6H3/t27-/m0/s1. The molecule has 31 heavy (non-hydrogen) atoms. The van der Waals surface area contributed by atoms with Crippen LogP contribution in [0.15, 0.2) is 72.8 Å². The third-order valence-corrected chi connectivity index (χ3v) is 6.79. The van der Waals surface area contributed by atoms with Crippen molar-refractivity contribution in [2.45, 2.75) is 77.3 Å². The molecule has 3 aromatic rings. The summed E-state index contributed by atoms with van der Waals surface area (Å²) in [5.74, 6) is 0.330. The highest BCUT2D eigenvalue weighted by Gasteiger charge is 2.29. The predicted molar refractivity (Wildman–Crippen MR) is 133 cm³/mol. The number of hydrogen-bond acceptors (Lipinski definition) is 1. The molecule has 1 aliphatic rings. The van der Waals surface area contributed by atoms with E-state index in [9.17, 15) is 0 Å². The van der Waals surface area contributed by atoms with E-state index in [1.54, 1.807) is 0 Å². The van der Waals surface area contributed by atoms with E-state index in [0.717, 1.165) is 13.0 Å². The average molecular weight is 412 g/mol. The lowest BCUT2D eigenvalue weighted by Crippen LogP contribution is -2.40. The molecule has 0 spiro atoms. The van der Waals surface area contributed by atoms with Crippen molar-refractivity contribution in [2.24, 2.45) is 0 Å². The van der Waals surface area contributed by atoms with Gasteiger partial charge < -0.3 is 5.32 Å². The van der Waals surface area contributed by atoms with Gasteiger partial charge in [-0.25, -0.2) is 0 Å². The topological polar surface area (TPSA) is 12.0 Å². The van der Waals surface area contributed by atoms with Crippen LogP contribution in [0.1, 0.15) is 80.8 Å². The quantitative estimate of drug-likeness (QED) is 0.483. The second-order valence-electron chi connectivity index (χ2n) is 11.2. The van der Waals surface area contributed by atoms with Crippen LogP contribution in [0.2, 0.25) is 0 Å². The lowest BCUT2D eigenvalue weighted by molar-refractivity contribution is 0.438. The molecule has 0 saturated carbocycles. The summed E-state index contributed by atoms with van der Waals surface area (Å²) in [4.78, 5) is 0. The zero-order valence-corrected chi connectivity index (χ0v) is 20.0. The van der Waals surface area contributed by atoms with Gasteiger partial charge in [-0.05, 0) is 50.6 Å². The van der Waals surface area contributed by atoms with E-state index < -0.39 is 0 Å². The Labute approximate surface area is 188 Å². The smallest absolute Gasteiger partial charge is 0.0246 e. The lowest BCUT2D eigenvalue weighted by Gasteiger charge is -2.34.